The third-order valence-corrected chi connectivity index (χ3v) is 3.88. The van der Waals surface area contributed by atoms with Crippen LogP contribution < -0.4 is 11.1 Å². The first-order valence-electron chi connectivity index (χ1n) is 5.07. The van der Waals surface area contributed by atoms with Crippen molar-refractivity contribution in [2.75, 3.05) is 0 Å². The first kappa shape index (κ1) is 13.7. The molecular formula is C11H17BrN2OS. The second-order valence-electron chi connectivity index (χ2n) is 4.79. The van der Waals surface area contributed by atoms with Gasteiger partial charge in [-0.1, -0.05) is 20.8 Å². The number of hydrogen-bond acceptors (Lipinski definition) is 3. The summed E-state index contributed by atoms with van der Waals surface area (Å²) in [5.41, 5.74) is 5.22. The normalized spacial score (nSPS) is 13.8. The zero-order valence-electron chi connectivity index (χ0n) is 9.71. The van der Waals surface area contributed by atoms with Gasteiger partial charge in [0.15, 0.2) is 0 Å². The molecule has 3 N–H and O–H groups in total. The Kier molecular flexibility index (Phi) is 4.52. The second kappa shape index (κ2) is 5.29. The fraction of sp³-hybridized carbons (Fsp3) is 0.545. The minimum atomic E-state index is -0.312. The molecule has 0 spiro atoms. The molecule has 1 amide bonds. The highest BCUT2D eigenvalue weighted by Crippen LogP contribution is 2.23. The fourth-order valence-electron chi connectivity index (χ4n) is 1.48. The lowest BCUT2D eigenvalue weighted by Gasteiger charge is -2.28. The Morgan fingerprint density at radius 2 is 2.19 bits per heavy atom. The molecule has 90 valence electrons. The Balaban J connectivity index is 2.61. The predicted molar refractivity (Wildman–Crippen MR) is 71.3 cm³/mol. The second-order valence-corrected chi connectivity index (χ2v) is 7.34. The highest BCUT2D eigenvalue weighted by atomic mass is 79.9. The van der Waals surface area contributed by atoms with Crippen LogP contribution in [-0.4, -0.2) is 11.9 Å². The summed E-state index contributed by atoms with van der Waals surface area (Å²) in [4.78, 5) is 12.5. The van der Waals surface area contributed by atoms with E-state index in [-0.39, 0.29) is 17.4 Å². The van der Waals surface area contributed by atoms with E-state index < -0.39 is 0 Å². The van der Waals surface area contributed by atoms with Crippen molar-refractivity contribution < 1.29 is 4.79 Å². The first-order chi connectivity index (χ1) is 7.30. The van der Waals surface area contributed by atoms with E-state index in [2.05, 4.69) is 21.2 Å². The van der Waals surface area contributed by atoms with Gasteiger partial charge in [-0.05, 0) is 33.5 Å². The molecule has 0 aliphatic heterocycles. The van der Waals surface area contributed by atoms with E-state index in [0.29, 0.717) is 6.54 Å². The summed E-state index contributed by atoms with van der Waals surface area (Å²) in [7, 11) is 0. The summed E-state index contributed by atoms with van der Waals surface area (Å²) in [5, 5.41) is 3.20. The highest BCUT2D eigenvalue weighted by molar-refractivity contribution is 9.11. The molecule has 3 nitrogen and oxygen atoms in total. The number of amides is 1. The first-order valence-corrected chi connectivity index (χ1v) is 6.68. The minimum absolute atomic E-state index is 0.166. The number of primary amides is 1. The molecule has 1 aromatic rings. The van der Waals surface area contributed by atoms with Crippen molar-refractivity contribution in [3.05, 3.63) is 20.8 Å². The van der Waals surface area contributed by atoms with E-state index >= 15 is 0 Å². The Morgan fingerprint density at radius 1 is 1.56 bits per heavy atom. The SMILES string of the molecule is CC(C)(C)[C@H](NCc1ccc(Br)s1)C(N)=O. The zero-order valence-corrected chi connectivity index (χ0v) is 12.1. The van der Waals surface area contributed by atoms with E-state index in [0.717, 1.165) is 3.79 Å². The van der Waals surface area contributed by atoms with Gasteiger partial charge in [0.05, 0.1) is 9.83 Å². The largest absolute Gasteiger partial charge is 0.368 e. The molecule has 0 fully saturated rings. The van der Waals surface area contributed by atoms with E-state index in [1.807, 2.05) is 32.9 Å². The average Bonchev–Trinajstić information content (AvgIpc) is 2.48. The zero-order chi connectivity index (χ0) is 12.3. The van der Waals surface area contributed by atoms with Crippen molar-refractivity contribution in [2.24, 2.45) is 11.1 Å². The Labute approximate surface area is 109 Å². The third kappa shape index (κ3) is 3.88. The lowest BCUT2D eigenvalue weighted by molar-refractivity contribution is -0.122. The number of nitrogens with one attached hydrogen (secondary N) is 1. The molecule has 0 bridgehead atoms. The van der Waals surface area contributed by atoms with Gasteiger partial charge in [0.1, 0.15) is 0 Å². The molecule has 1 rings (SSSR count). The van der Waals surface area contributed by atoms with Crippen LogP contribution in [0.1, 0.15) is 25.6 Å². The summed E-state index contributed by atoms with van der Waals surface area (Å²) in [6, 6.07) is 3.72. The predicted octanol–water partition coefficient (Wildman–Crippen LogP) is 2.50. The summed E-state index contributed by atoms with van der Waals surface area (Å²) >= 11 is 5.06. The molecular weight excluding hydrogens is 288 g/mol. The van der Waals surface area contributed by atoms with E-state index in [9.17, 15) is 4.79 Å². The van der Waals surface area contributed by atoms with Crippen molar-refractivity contribution >= 4 is 33.2 Å². The lowest BCUT2D eigenvalue weighted by Crippen LogP contribution is -2.49. The van der Waals surface area contributed by atoms with Gasteiger partial charge in [0, 0.05) is 11.4 Å². The average molecular weight is 305 g/mol. The van der Waals surface area contributed by atoms with Gasteiger partial charge in [-0.3, -0.25) is 4.79 Å². The van der Waals surface area contributed by atoms with Gasteiger partial charge >= 0.3 is 0 Å². The smallest absolute Gasteiger partial charge is 0.235 e. The minimum Gasteiger partial charge on any atom is -0.368 e. The maximum Gasteiger partial charge on any atom is 0.235 e. The molecule has 5 heteroatoms. The summed E-state index contributed by atoms with van der Waals surface area (Å²) < 4.78 is 1.09. The number of halogens is 1. The standard InChI is InChI=1S/C11H17BrN2OS/c1-11(2,3)9(10(13)15)14-6-7-4-5-8(12)16-7/h4-5,9,14H,6H2,1-3H3,(H2,13,15)/t9-/m1/s1. The molecule has 1 aromatic heterocycles. The van der Waals surface area contributed by atoms with Crippen molar-refractivity contribution in [3.8, 4) is 0 Å². The van der Waals surface area contributed by atoms with Crippen LogP contribution in [0.2, 0.25) is 0 Å². The molecule has 0 aliphatic rings. The van der Waals surface area contributed by atoms with Gasteiger partial charge in [-0.2, -0.15) is 0 Å². The summed E-state index contributed by atoms with van der Waals surface area (Å²) in [6.45, 7) is 6.67. The molecule has 0 aliphatic carbocycles. The number of thiophene rings is 1. The fourth-order valence-corrected chi connectivity index (χ4v) is 2.92. The van der Waals surface area contributed by atoms with E-state index in [1.165, 1.54) is 4.88 Å². The lowest BCUT2D eigenvalue weighted by atomic mass is 9.86. The van der Waals surface area contributed by atoms with Crippen LogP contribution >= 0.6 is 27.3 Å². The van der Waals surface area contributed by atoms with Gasteiger partial charge < -0.3 is 11.1 Å². The van der Waals surface area contributed by atoms with Gasteiger partial charge in [-0.25, -0.2) is 0 Å². The van der Waals surface area contributed by atoms with E-state index in [4.69, 9.17) is 5.73 Å². The quantitative estimate of drug-likeness (QED) is 0.898. The monoisotopic (exact) mass is 304 g/mol. The molecule has 1 atom stereocenters. The molecule has 16 heavy (non-hydrogen) atoms. The summed E-state index contributed by atoms with van der Waals surface area (Å²) in [6.07, 6.45) is 0. The third-order valence-electron chi connectivity index (χ3n) is 2.26. The van der Waals surface area contributed by atoms with Crippen molar-refractivity contribution in [2.45, 2.75) is 33.4 Å². The van der Waals surface area contributed by atoms with Gasteiger partial charge in [-0.15, -0.1) is 11.3 Å². The van der Waals surface area contributed by atoms with Crippen molar-refractivity contribution in [3.63, 3.8) is 0 Å². The number of carbonyl (C=O) groups excluding carboxylic acids is 1. The Hall–Kier alpha value is -0.390. The maximum atomic E-state index is 11.3. The van der Waals surface area contributed by atoms with Crippen LogP contribution in [0.4, 0.5) is 0 Å². The van der Waals surface area contributed by atoms with Crippen molar-refractivity contribution in [1.82, 2.24) is 5.32 Å². The number of rotatable bonds is 4. The van der Waals surface area contributed by atoms with Crippen LogP contribution in [0.3, 0.4) is 0 Å². The topological polar surface area (TPSA) is 55.1 Å². The summed E-state index contributed by atoms with van der Waals surface area (Å²) in [5.74, 6) is -0.303. The number of carbonyl (C=O) groups is 1. The Morgan fingerprint density at radius 3 is 2.56 bits per heavy atom. The highest BCUT2D eigenvalue weighted by Gasteiger charge is 2.28. The van der Waals surface area contributed by atoms with Crippen LogP contribution in [0.15, 0.2) is 15.9 Å². The molecule has 1 heterocycles. The van der Waals surface area contributed by atoms with Gasteiger partial charge in [0.2, 0.25) is 5.91 Å². The van der Waals surface area contributed by atoms with Crippen LogP contribution in [0.25, 0.3) is 0 Å². The van der Waals surface area contributed by atoms with Crippen molar-refractivity contribution in [1.29, 1.82) is 0 Å². The molecule has 0 saturated carbocycles. The number of hydrogen-bond donors (Lipinski definition) is 2. The molecule has 0 aromatic carbocycles. The number of nitrogens with two attached hydrogens (primary N) is 1. The molecule has 0 saturated heterocycles. The van der Waals surface area contributed by atoms with Crippen LogP contribution in [0, 0.1) is 5.41 Å². The van der Waals surface area contributed by atoms with Gasteiger partial charge in [0.25, 0.3) is 0 Å². The Bertz CT molecular complexity index is 370. The van der Waals surface area contributed by atoms with Crippen LogP contribution in [0.5, 0.6) is 0 Å². The molecule has 0 radical (unpaired) electrons. The molecule has 0 unspecified atom stereocenters. The van der Waals surface area contributed by atoms with E-state index in [1.54, 1.807) is 11.3 Å². The van der Waals surface area contributed by atoms with Crippen LogP contribution in [-0.2, 0) is 11.3 Å². The maximum absolute atomic E-state index is 11.3.